The fraction of sp³-hybridized carbons (Fsp3) is 0.545. The topological polar surface area (TPSA) is 42.1 Å². The quantitative estimate of drug-likeness (QED) is 0.738. The van der Waals surface area contributed by atoms with Gasteiger partial charge in [-0.3, -0.25) is 0 Å². The van der Waals surface area contributed by atoms with Gasteiger partial charge >= 0.3 is 0 Å². The number of nitrogens with two attached hydrogens (primary N) is 1. The molecule has 0 aromatic carbocycles. The van der Waals surface area contributed by atoms with Gasteiger partial charge < -0.3 is 10.6 Å². The summed E-state index contributed by atoms with van der Waals surface area (Å²) in [7, 11) is 0. The van der Waals surface area contributed by atoms with Gasteiger partial charge in [-0.25, -0.2) is 4.98 Å². The summed E-state index contributed by atoms with van der Waals surface area (Å²) in [5.41, 5.74) is 7.62. The zero-order chi connectivity index (χ0) is 9.97. The van der Waals surface area contributed by atoms with Crippen molar-refractivity contribution in [2.45, 2.75) is 26.2 Å². The van der Waals surface area contributed by atoms with E-state index in [9.17, 15) is 0 Å². The lowest BCUT2D eigenvalue weighted by molar-refractivity contribution is 0.573. The molecule has 2 rings (SSSR count). The van der Waals surface area contributed by atoms with Crippen LogP contribution in [0.15, 0.2) is 12.1 Å². The van der Waals surface area contributed by atoms with Gasteiger partial charge in [0.25, 0.3) is 0 Å². The van der Waals surface area contributed by atoms with E-state index in [4.69, 9.17) is 5.73 Å². The Morgan fingerprint density at radius 2 is 1.93 bits per heavy atom. The van der Waals surface area contributed by atoms with Gasteiger partial charge in [0.2, 0.25) is 0 Å². The smallest absolute Gasteiger partial charge is 0.130 e. The van der Waals surface area contributed by atoms with Crippen molar-refractivity contribution in [2.24, 2.45) is 0 Å². The number of hydrogen-bond acceptors (Lipinski definition) is 3. The zero-order valence-corrected chi connectivity index (χ0v) is 8.66. The van der Waals surface area contributed by atoms with Crippen molar-refractivity contribution in [1.29, 1.82) is 0 Å². The summed E-state index contributed by atoms with van der Waals surface area (Å²) in [6, 6.07) is 3.88. The van der Waals surface area contributed by atoms with E-state index in [1.165, 1.54) is 19.3 Å². The number of nitrogens with zero attached hydrogens (tertiary/aromatic N) is 2. The molecule has 2 N–H and O–H groups in total. The van der Waals surface area contributed by atoms with Gasteiger partial charge in [0.1, 0.15) is 5.82 Å². The third-order valence-electron chi connectivity index (χ3n) is 2.64. The Hall–Kier alpha value is -1.25. The number of hydrogen-bond donors (Lipinski definition) is 1. The highest BCUT2D eigenvalue weighted by atomic mass is 15.2. The molecule has 0 radical (unpaired) electrons. The van der Waals surface area contributed by atoms with Crippen molar-refractivity contribution < 1.29 is 0 Å². The van der Waals surface area contributed by atoms with E-state index >= 15 is 0 Å². The van der Waals surface area contributed by atoms with Gasteiger partial charge in [-0.1, -0.05) is 0 Å². The molecule has 3 nitrogen and oxygen atoms in total. The molecule has 3 heteroatoms. The number of rotatable bonds is 1. The van der Waals surface area contributed by atoms with Crippen LogP contribution in [0.4, 0.5) is 11.5 Å². The van der Waals surface area contributed by atoms with E-state index in [1.807, 2.05) is 19.1 Å². The third-order valence-corrected chi connectivity index (χ3v) is 2.64. The Bertz CT molecular complexity index is 296. The fourth-order valence-corrected chi connectivity index (χ4v) is 1.96. The number of aromatic nitrogens is 1. The summed E-state index contributed by atoms with van der Waals surface area (Å²) in [5.74, 6) is 1.04. The highest BCUT2D eigenvalue weighted by molar-refractivity contribution is 5.52. The SMILES string of the molecule is Cc1cc(N)cc(N2CCCCC2)n1. The predicted octanol–water partition coefficient (Wildman–Crippen LogP) is 1.96. The van der Waals surface area contributed by atoms with Crippen molar-refractivity contribution in [1.82, 2.24) is 4.98 Å². The molecule has 2 heterocycles. The van der Waals surface area contributed by atoms with Gasteiger partial charge in [0.05, 0.1) is 0 Å². The van der Waals surface area contributed by atoms with Crippen LogP contribution in [0.3, 0.4) is 0 Å². The molecular formula is C11H17N3. The van der Waals surface area contributed by atoms with E-state index in [1.54, 1.807) is 0 Å². The Balaban J connectivity index is 2.21. The van der Waals surface area contributed by atoms with Crippen LogP contribution >= 0.6 is 0 Å². The van der Waals surface area contributed by atoms with Crippen molar-refractivity contribution in [3.8, 4) is 0 Å². The van der Waals surface area contributed by atoms with E-state index in [-0.39, 0.29) is 0 Å². The molecule has 76 valence electrons. The van der Waals surface area contributed by atoms with E-state index in [2.05, 4.69) is 9.88 Å². The van der Waals surface area contributed by atoms with Crippen LogP contribution in [-0.2, 0) is 0 Å². The van der Waals surface area contributed by atoms with Crippen LogP contribution in [0.2, 0.25) is 0 Å². The number of anilines is 2. The number of aryl methyl sites for hydroxylation is 1. The van der Waals surface area contributed by atoms with Gasteiger partial charge in [-0.15, -0.1) is 0 Å². The first-order valence-electron chi connectivity index (χ1n) is 5.25. The van der Waals surface area contributed by atoms with Gasteiger partial charge in [0.15, 0.2) is 0 Å². The monoisotopic (exact) mass is 191 g/mol. The van der Waals surface area contributed by atoms with Gasteiger partial charge in [-0.05, 0) is 32.3 Å². The maximum absolute atomic E-state index is 5.80. The highest BCUT2D eigenvalue weighted by Crippen LogP contribution is 2.20. The van der Waals surface area contributed by atoms with E-state index in [0.717, 1.165) is 30.3 Å². The largest absolute Gasteiger partial charge is 0.399 e. The first kappa shape index (κ1) is 9.31. The van der Waals surface area contributed by atoms with E-state index in [0.29, 0.717) is 0 Å². The standard InChI is InChI=1S/C11H17N3/c1-9-7-10(12)8-11(13-9)14-5-3-2-4-6-14/h7-8H,2-6H2,1H3,(H2,12,13). The lowest BCUT2D eigenvalue weighted by atomic mass is 10.1. The summed E-state index contributed by atoms with van der Waals surface area (Å²) in [5, 5.41) is 0. The molecule has 0 aliphatic carbocycles. The second-order valence-corrected chi connectivity index (χ2v) is 3.95. The van der Waals surface area contributed by atoms with Crippen LogP contribution < -0.4 is 10.6 Å². The Morgan fingerprint density at radius 3 is 2.57 bits per heavy atom. The molecule has 1 fully saturated rings. The molecule has 0 unspecified atom stereocenters. The molecule has 14 heavy (non-hydrogen) atoms. The van der Waals surface area contributed by atoms with Crippen LogP contribution in [0.1, 0.15) is 25.0 Å². The molecule has 0 bridgehead atoms. The number of nitrogen functional groups attached to an aromatic ring is 1. The molecule has 0 atom stereocenters. The molecule has 0 spiro atoms. The minimum atomic E-state index is 0.818. The van der Waals surface area contributed by atoms with Crippen LogP contribution in [0.25, 0.3) is 0 Å². The molecule has 0 amide bonds. The van der Waals surface area contributed by atoms with Crippen molar-refractivity contribution >= 4 is 11.5 Å². The Kier molecular flexibility index (Phi) is 2.57. The van der Waals surface area contributed by atoms with Crippen LogP contribution in [0, 0.1) is 6.92 Å². The summed E-state index contributed by atoms with van der Waals surface area (Å²) < 4.78 is 0. The van der Waals surface area contributed by atoms with Crippen molar-refractivity contribution in [2.75, 3.05) is 23.7 Å². The van der Waals surface area contributed by atoms with Crippen molar-refractivity contribution in [3.05, 3.63) is 17.8 Å². The molecule has 1 saturated heterocycles. The second kappa shape index (κ2) is 3.86. The lowest BCUT2D eigenvalue weighted by Gasteiger charge is -2.28. The minimum Gasteiger partial charge on any atom is -0.399 e. The maximum Gasteiger partial charge on any atom is 0.130 e. The summed E-state index contributed by atoms with van der Waals surface area (Å²) in [4.78, 5) is 6.83. The highest BCUT2D eigenvalue weighted by Gasteiger charge is 2.12. The summed E-state index contributed by atoms with van der Waals surface area (Å²) in [6.45, 7) is 4.23. The van der Waals surface area contributed by atoms with Gasteiger partial charge in [-0.2, -0.15) is 0 Å². The third kappa shape index (κ3) is 1.97. The average molecular weight is 191 g/mol. The first-order chi connectivity index (χ1) is 6.75. The van der Waals surface area contributed by atoms with Gasteiger partial charge in [0, 0.05) is 30.5 Å². The second-order valence-electron chi connectivity index (χ2n) is 3.95. The lowest BCUT2D eigenvalue weighted by Crippen LogP contribution is -2.30. The fourth-order valence-electron chi connectivity index (χ4n) is 1.96. The van der Waals surface area contributed by atoms with Crippen LogP contribution in [-0.4, -0.2) is 18.1 Å². The minimum absolute atomic E-state index is 0.818. The average Bonchev–Trinajstić information content (AvgIpc) is 2.18. The normalized spacial score (nSPS) is 17.1. The first-order valence-corrected chi connectivity index (χ1v) is 5.25. The number of pyridine rings is 1. The molecule has 1 aliphatic rings. The summed E-state index contributed by atoms with van der Waals surface area (Å²) >= 11 is 0. The molecule has 1 aromatic rings. The number of piperidine rings is 1. The Morgan fingerprint density at radius 1 is 1.21 bits per heavy atom. The molecular weight excluding hydrogens is 174 g/mol. The summed E-state index contributed by atoms with van der Waals surface area (Å²) in [6.07, 6.45) is 3.89. The van der Waals surface area contributed by atoms with E-state index < -0.39 is 0 Å². The zero-order valence-electron chi connectivity index (χ0n) is 8.66. The predicted molar refractivity (Wildman–Crippen MR) is 59.5 cm³/mol. The van der Waals surface area contributed by atoms with Crippen molar-refractivity contribution in [3.63, 3.8) is 0 Å². The molecule has 0 saturated carbocycles. The molecule has 1 aliphatic heterocycles. The Labute approximate surface area is 84.9 Å². The maximum atomic E-state index is 5.80. The molecule has 1 aromatic heterocycles. The van der Waals surface area contributed by atoms with Crippen LogP contribution in [0.5, 0.6) is 0 Å².